The van der Waals surface area contributed by atoms with E-state index in [2.05, 4.69) is 10.3 Å². The number of aromatic hydroxyl groups is 1. The van der Waals surface area contributed by atoms with E-state index in [1.165, 1.54) is 53.1 Å². The first-order chi connectivity index (χ1) is 18.8. The number of thioether (sulfide) groups is 1. The number of benzene rings is 2. The fourth-order valence-electron chi connectivity index (χ4n) is 4.91. The maximum atomic E-state index is 13.7. The number of carbonyl (C=O) groups is 3. The van der Waals surface area contributed by atoms with E-state index in [-0.39, 0.29) is 18.0 Å². The quantitative estimate of drug-likeness (QED) is 0.282. The lowest BCUT2D eigenvalue weighted by atomic mass is 9.84. The molecule has 1 saturated heterocycles. The van der Waals surface area contributed by atoms with Gasteiger partial charge in [0.25, 0.3) is 0 Å². The summed E-state index contributed by atoms with van der Waals surface area (Å²) in [5, 5.41) is 11.8. The highest BCUT2D eigenvalue weighted by molar-refractivity contribution is 8.00. The van der Waals surface area contributed by atoms with Gasteiger partial charge in [-0.2, -0.15) is 0 Å². The lowest BCUT2D eigenvalue weighted by Gasteiger charge is -2.30. The van der Waals surface area contributed by atoms with Crippen LogP contribution in [0.15, 0.2) is 82.9 Å². The van der Waals surface area contributed by atoms with Gasteiger partial charge in [-0.3, -0.25) is 28.7 Å². The maximum Gasteiger partial charge on any atom is 0.308 e. The van der Waals surface area contributed by atoms with Crippen molar-refractivity contribution >= 4 is 52.2 Å². The Labute approximate surface area is 228 Å². The Morgan fingerprint density at radius 3 is 2.46 bits per heavy atom. The molecule has 0 saturated carbocycles. The van der Waals surface area contributed by atoms with Crippen LogP contribution in [0.4, 0.5) is 15.8 Å². The minimum atomic E-state index is -0.860. The number of carbonyl (C=O) groups excluding carboxylic acids is 3. The van der Waals surface area contributed by atoms with Gasteiger partial charge >= 0.3 is 4.87 Å². The van der Waals surface area contributed by atoms with Gasteiger partial charge in [-0.1, -0.05) is 29.2 Å². The summed E-state index contributed by atoms with van der Waals surface area (Å²) in [5.74, 6) is -3.28. The average Bonchev–Trinajstić information content (AvgIpc) is 3.37. The lowest BCUT2D eigenvalue weighted by Crippen LogP contribution is -2.33. The van der Waals surface area contributed by atoms with Crippen LogP contribution in [0, 0.1) is 11.7 Å². The van der Waals surface area contributed by atoms with Gasteiger partial charge in [0.15, 0.2) is 0 Å². The van der Waals surface area contributed by atoms with E-state index in [1.807, 2.05) is 0 Å². The van der Waals surface area contributed by atoms with E-state index in [4.69, 9.17) is 0 Å². The second-order valence-electron chi connectivity index (χ2n) is 9.04. The molecule has 2 aliphatic rings. The molecular weight excluding hydrogens is 543 g/mol. The van der Waals surface area contributed by atoms with Crippen molar-refractivity contribution in [1.82, 2.24) is 9.55 Å². The van der Waals surface area contributed by atoms with E-state index in [9.17, 15) is 28.7 Å². The lowest BCUT2D eigenvalue weighted by molar-refractivity contribution is -0.122. The molecule has 0 radical (unpaired) electrons. The van der Waals surface area contributed by atoms with E-state index >= 15 is 0 Å². The normalized spacial score (nSPS) is 20.0. The number of hydrogen-bond acceptors (Lipinski definition) is 8. The summed E-state index contributed by atoms with van der Waals surface area (Å²) in [6.45, 7) is -0.306. The van der Waals surface area contributed by atoms with Crippen molar-refractivity contribution in [3.05, 3.63) is 99.0 Å². The third-order valence-electron chi connectivity index (χ3n) is 6.63. The van der Waals surface area contributed by atoms with Crippen LogP contribution in [0.2, 0.25) is 0 Å². The van der Waals surface area contributed by atoms with E-state index in [0.29, 0.717) is 21.2 Å². The maximum absolute atomic E-state index is 13.7. The molecule has 9 nitrogen and oxygen atoms in total. The molecule has 6 rings (SSSR count). The number of rotatable bonds is 5. The molecule has 4 aromatic rings. The van der Waals surface area contributed by atoms with Crippen LogP contribution in [-0.2, 0) is 20.9 Å². The number of thiazole rings is 1. The number of nitrogens with zero attached hydrogens (tertiary/aromatic N) is 3. The van der Waals surface area contributed by atoms with Gasteiger partial charge < -0.3 is 10.4 Å². The van der Waals surface area contributed by atoms with Crippen LogP contribution in [0.1, 0.15) is 16.4 Å². The summed E-state index contributed by atoms with van der Waals surface area (Å²) in [6, 6.07) is 14.6. The Morgan fingerprint density at radius 2 is 1.77 bits per heavy atom. The van der Waals surface area contributed by atoms with E-state index < -0.39 is 45.5 Å². The molecule has 2 aliphatic heterocycles. The Balaban J connectivity index is 1.39. The number of halogens is 1. The molecule has 2 aromatic carbocycles. The number of hydrogen-bond donors (Lipinski definition) is 2. The zero-order valence-corrected chi connectivity index (χ0v) is 21.6. The van der Waals surface area contributed by atoms with Gasteiger partial charge in [0.1, 0.15) is 23.4 Å². The molecule has 0 spiro atoms. The summed E-state index contributed by atoms with van der Waals surface area (Å²) in [6.07, 6.45) is 3.19. The smallest absolute Gasteiger partial charge is 0.308 e. The van der Waals surface area contributed by atoms with Crippen molar-refractivity contribution in [2.24, 2.45) is 5.92 Å². The number of phenols is 1. The first-order valence-corrected chi connectivity index (χ1v) is 13.5. The van der Waals surface area contributed by atoms with Crippen LogP contribution in [0.3, 0.4) is 0 Å². The average molecular weight is 563 g/mol. The molecular formula is C27H19FN4O5S2. The summed E-state index contributed by atoms with van der Waals surface area (Å²) in [4.78, 5) is 58.8. The predicted molar refractivity (Wildman–Crippen MR) is 143 cm³/mol. The van der Waals surface area contributed by atoms with Crippen molar-refractivity contribution in [1.29, 1.82) is 0 Å². The zero-order valence-electron chi connectivity index (χ0n) is 20.0. The number of aromatic nitrogens is 2. The molecule has 3 atom stereocenters. The first kappa shape index (κ1) is 25.0. The Bertz CT molecular complexity index is 1650. The van der Waals surface area contributed by atoms with Crippen LogP contribution in [-0.4, -0.2) is 37.6 Å². The van der Waals surface area contributed by atoms with Gasteiger partial charge in [0.05, 0.1) is 16.6 Å². The highest BCUT2D eigenvalue weighted by Gasteiger charge is 2.56. The van der Waals surface area contributed by atoms with Crippen molar-refractivity contribution in [2.45, 2.75) is 22.7 Å². The molecule has 4 heterocycles. The van der Waals surface area contributed by atoms with Crippen molar-refractivity contribution in [2.75, 3.05) is 10.2 Å². The van der Waals surface area contributed by atoms with Crippen molar-refractivity contribution in [3.8, 4) is 5.75 Å². The number of anilines is 2. The van der Waals surface area contributed by atoms with Crippen LogP contribution >= 0.6 is 23.1 Å². The summed E-state index contributed by atoms with van der Waals surface area (Å²) < 4.78 is 14.9. The minimum absolute atomic E-state index is 0.0500. The van der Waals surface area contributed by atoms with Crippen molar-refractivity contribution in [3.63, 3.8) is 0 Å². The van der Waals surface area contributed by atoms with Gasteiger partial charge in [0, 0.05) is 28.9 Å². The molecule has 2 aromatic heterocycles. The third kappa shape index (κ3) is 4.41. The van der Waals surface area contributed by atoms with Crippen LogP contribution in [0.5, 0.6) is 5.75 Å². The number of phenolic OH excluding ortho intramolecular Hbond substituents is 1. The standard InChI is InChI=1S/C27H19FN4O5S2/c28-15-3-7-17(8-4-15)32-24(35)21-20(14-2-1-11-29-12-14)23-26(38-22(21)25(32)36)31(27(37)39-23)13-19(34)30-16-5-9-18(33)10-6-16/h1-12,20-22,33H,13H2,(H,30,34)/t20-,21?,22?/m1/s1. The highest BCUT2D eigenvalue weighted by Crippen LogP contribution is 2.53. The molecule has 0 bridgehead atoms. The molecule has 12 heteroatoms. The molecule has 2 N–H and O–H groups in total. The number of nitrogens with one attached hydrogen (secondary N) is 1. The zero-order chi connectivity index (χ0) is 27.3. The molecule has 2 unspecified atom stereocenters. The van der Waals surface area contributed by atoms with Gasteiger partial charge in [0.2, 0.25) is 17.7 Å². The predicted octanol–water partition coefficient (Wildman–Crippen LogP) is 3.58. The Kier molecular flexibility index (Phi) is 6.28. The van der Waals surface area contributed by atoms with E-state index in [1.54, 1.807) is 24.5 Å². The van der Waals surface area contributed by atoms with E-state index in [0.717, 1.165) is 28.0 Å². The number of imide groups is 1. The fourth-order valence-corrected chi connectivity index (χ4v) is 7.68. The third-order valence-corrected chi connectivity index (χ3v) is 9.23. The van der Waals surface area contributed by atoms with Crippen molar-refractivity contribution < 1.29 is 23.9 Å². The Hall–Kier alpha value is -4.29. The summed E-state index contributed by atoms with van der Waals surface area (Å²) in [7, 11) is 0. The monoisotopic (exact) mass is 562 g/mol. The number of fused-ring (bicyclic) bond motifs is 2. The fraction of sp³-hybridized carbons (Fsp3) is 0.148. The number of amides is 3. The number of pyridine rings is 1. The Morgan fingerprint density at radius 1 is 1.03 bits per heavy atom. The molecule has 39 heavy (non-hydrogen) atoms. The van der Waals surface area contributed by atoms with Gasteiger partial charge in [-0.15, -0.1) is 0 Å². The summed E-state index contributed by atoms with van der Waals surface area (Å²) in [5.41, 5.74) is 1.38. The van der Waals surface area contributed by atoms with Crippen LogP contribution in [0.25, 0.3) is 0 Å². The second kappa shape index (κ2) is 9.79. The molecule has 196 valence electrons. The highest BCUT2D eigenvalue weighted by atomic mass is 32.2. The van der Waals surface area contributed by atoms with Gasteiger partial charge in [-0.05, 0) is 60.2 Å². The molecule has 0 aliphatic carbocycles. The topological polar surface area (TPSA) is 122 Å². The largest absolute Gasteiger partial charge is 0.508 e. The first-order valence-electron chi connectivity index (χ1n) is 11.8. The summed E-state index contributed by atoms with van der Waals surface area (Å²) >= 11 is 2.03. The molecule has 3 amide bonds. The molecule has 1 fully saturated rings. The van der Waals surface area contributed by atoms with Crippen LogP contribution < -0.4 is 15.1 Å². The SMILES string of the molecule is O=C(Cn1c2c(sc1=O)[C@H](c1cccnc1)C1C(=O)N(c3ccc(F)cc3)C(=O)C1S2)Nc1ccc(O)cc1. The minimum Gasteiger partial charge on any atom is -0.508 e. The second-order valence-corrected chi connectivity index (χ2v) is 11.2. The van der Waals surface area contributed by atoms with Gasteiger partial charge in [-0.25, -0.2) is 9.29 Å².